The van der Waals surface area contributed by atoms with Crippen molar-refractivity contribution in [2.24, 2.45) is 4.99 Å². The first-order valence-electron chi connectivity index (χ1n) is 8.48. The maximum absolute atomic E-state index is 12.2. The highest BCUT2D eigenvalue weighted by Crippen LogP contribution is 2.36. The standard InChI is InChI=1S/C17H22N4O6/c1-7-3-9-10(4-8(7)2)21(5-11(23)14(25)12(24)6-22)15-13(18-9)16(26)20-17(27)19-15/h4,11-12,14,22-25H,3,5-6H2,1-2H3,(H2,19,20,26,27)/t11-,12+,14-/m0/s1. The first kappa shape index (κ1) is 19.2. The van der Waals surface area contributed by atoms with Crippen LogP contribution in [0.3, 0.4) is 0 Å². The molecule has 2 heterocycles. The van der Waals surface area contributed by atoms with Crippen molar-refractivity contribution in [3.8, 4) is 0 Å². The highest BCUT2D eigenvalue weighted by atomic mass is 16.4. The number of nitrogens with one attached hydrogen (secondary N) is 2. The predicted molar refractivity (Wildman–Crippen MR) is 98.3 cm³/mol. The van der Waals surface area contributed by atoms with E-state index in [2.05, 4.69) is 15.0 Å². The van der Waals surface area contributed by atoms with Crippen LogP contribution in [-0.2, 0) is 0 Å². The first-order valence-corrected chi connectivity index (χ1v) is 8.48. The molecule has 10 nitrogen and oxygen atoms in total. The summed E-state index contributed by atoms with van der Waals surface area (Å²) in [5.74, 6) is 0.0934. The molecular weight excluding hydrogens is 356 g/mol. The average Bonchev–Trinajstić information content (AvgIpc) is 2.62. The molecule has 0 bridgehead atoms. The SMILES string of the molecule is CC1=C(C)CC2=Nc3c([nH]c(=O)[nH]c3=O)N(C[C@H](O)[C@H](O)[C@H](O)CO)C2=C1. The van der Waals surface area contributed by atoms with Crippen LogP contribution in [0.15, 0.2) is 37.5 Å². The summed E-state index contributed by atoms with van der Waals surface area (Å²) < 4.78 is 0. The Morgan fingerprint density at radius 3 is 2.56 bits per heavy atom. The van der Waals surface area contributed by atoms with Gasteiger partial charge in [0.05, 0.1) is 24.6 Å². The van der Waals surface area contributed by atoms with Gasteiger partial charge in [0.2, 0.25) is 0 Å². The second-order valence-corrected chi connectivity index (χ2v) is 6.75. The molecule has 6 N–H and O–H groups in total. The van der Waals surface area contributed by atoms with Crippen molar-refractivity contribution in [1.29, 1.82) is 0 Å². The second kappa shape index (κ2) is 7.24. The van der Waals surface area contributed by atoms with Gasteiger partial charge >= 0.3 is 5.69 Å². The summed E-state index contributed by atoms with van der Waals surface area (Å²) in [5.41, 5.74) is 1.82. The molecule has 0 radical (unpaired) electrons. The molecule has 0 aromatic carbocycles. The van der Waals surface area contributed by atoms with Crippen LogP contribution in [0.25, 0.3) is 0 Å². The van der Waals surface area contributed by atoms with Gasteiger partial charge in [-0.2, -0.15) is 0 Å². The number of H-pyrrole nitrogens is 2. The molecule has 1 aromatic rings. The number of aliphatic hydroxyl groups excluding tert-OH is 4. The Labute approximate surface area is 153 Å². The molecule has 0 amide bonds. The number of allylic oxidation sites excluding steroid dienone is 4. The average molecular weight is 378 g/mol. The third-order valence-corrected chi connectivity index (χ3v) is 4.81. The Balaban J connectivity index is 2.09. The fourth-order valence-electron chi connectivity index (χ4n) is 3.09. The summed E-state index contributed by atoms with van der Waals surface area (Å²) in [6.07, 6.45) is -2.29. The Bertz CT molecular complexity index is 957. The Hall–Kier alpha value is -2.53. The van der Waals surface area contributed by atoms with Crippen molar-refractivity contribution >= 4 is 17.2 Å². The number of fused-ring (bicyclic) bond motifs is 2. The van der Waals surface area contributed by atoms with Gasteiger partial charge in [0.15, 0.2) is 5.69 Å². The normalized spacial score (nSPS) is 19.7. The number of aliphatic hydroxyl groups is 4. The Morgan fingerprint density at radius 2 is 1.89 bits per heavy atom. The van der Waals surface area contributed by atoms with Crippen molar-refractivity contribution in [1.82, 2.24) is 9.97 Å². The Kier molecular flexibility index (Phi) is 5.16. The van der Waals surface area contributed by atoms with Gasteiger partial charge in [-0.05, 0) is 25.5 Å². The van der Waals surface area contributed by atoms with Crippen LogP contribution in [0, 0.1) is 0 Å². The maximum atomic E-state index is 12.2. The summed E-state index contributed by atoms with van der Waals surface area (Å²) in [6, 6.07) is 0. The zero-order valence-corrected chi connectivity index (χ0v) is 14.9. The third-order valence-electron chi connectivity index (χ3n) is 4.81. The third kappa shape index (κ3) is 3.52. The minimum absolute atomic E-state index is 0.00139. The monoisotopic (exact) mass is 378 g/mol. The van der Waals surface area contributed by atoms with Crippen LogP contribution in [0.4, 0.5) is 11.5 Å². The van der Waals surface area contributed by atoms with Gasteiger partial charge in [0, 0.05) is 6.42 Å². The molecule has 10 heteroatoms. The number of β-amino-alcohol motifs (C(OH)–C–C–N with tert-alkyl or cyclic N) is 1. The van der Waals surface area contributed by atoms with Gasteiger partial charge in [0.25, 0.3) is 5.56 Å². The van der Waals surface area contributed by atoms with Gasteiger partial charge in [-0.3, -0.25) is 14.8 Å². The molecule has 1 aliphatic carbocycles. The molecule has 0 fully saturated rings. The van der Waals surface area contributed by atoms with E-state index in [1.165, 1.54) is 4.90 Å². The van der Waals surface area contributed by atoms with Gasteiger partial charge < -0.3 is 25.3 Å². The molecule has 0 saturated carbocycles. The Morgan fingerprint density at radius 1 is 1.19 bits per heavy atom. The van der Waals surface area contributed by atoms with E-state index in [-0.39, 0.29) is 18.1 Å². The predicted octanol–water partition coefficient (Wildman–Crippen LogP) is -1.35. The molecule has 2 aliphatic rings. The molecule has 27 heavy (non-hydrogen) atoms. The fourth-order valence-corrected chi connectivity index (χ4v) is 3.09. The first-order chi connectivity index (χ1) is 12.7. The molecule has 0 unspecified atom stereocenters. The van der Waals surface area contributed by atoms with Crippen LogP contribution < -0.4 is 16.1 Å². The number of aliphatic imine (C=N–C) groups is 1. The lowest BCUT2D eigenvalue weighted by atomic mass is 9.93. The molecule has 1 aromatic heterocycles. The molecule has 1 aliphatic heterocycles. The van der Waals surface area contributed by atoms with E-state index in [1.54, 1.807) is 0 Å². The second-order valence-electron chi connectivity index (χ2n) is 6.75. The summed E-state index contributed by atoms with van der Waals surface area (Å²) in [5, 5.41) is 38.9. The zero-order valence-electron chi connectivity index (χ0n) is 14.9. The summed E-state index contributed by atoms with van der Waals surface area (Å²) in [6.45, 7) is 2.90. The van der Waals surface area contributed by atoms with Gasteiger partial charge in [-0.15, -0.1) is 0 Å². The van der Waals surface area contributed by atoms with E-state index in [0.717, 1.165) is 11.1 Å². The molecule has 0 saturated heterocycles. The van der Waals surface area contributed by atoms with E-state index >= 15 is 0 Å². The number of aromatic amines is 2. The minimum Gasteiger partial charge on any atom is -0.394 e. The lowest BCUT2D eigenvalue weighted by Gasteiger charge is -2.36. The topological polar surface area (TPSA) is 162 Å². The summed E-state index contributed by atoms with van der Waals surface area (Å²) in [7, 11) is 0. The number of hydrogen-bond donors (Lipinski definition) is 6. The van der Waals surface area contributed by atoms with E-state index in [4.69, 9.17) is 5.11 Å². The van der Waals surface area contributed by atoms with Crippen molar-refractivity contribution in [2.75, 3.05) is 18.1 Å². The smallest absolute Gasteiger partial charge is 0.327 e. The summed E-state index contributed by atoms with van der Waals surface area (Å²) >= 11 is 0. The van der Waals surface area contributed by atoms with Crippen molar-refractivity contribution in [2.45, 2.75) is 38.6 Å². The summed E-state index contributed by atoms with van der Waals surface area (Å²) in [4.78, 5) is 34.5. The zero-order chi connectivity index (χ0) is 19.9. The van der Waals surface area contributed by atoms with Gasteiger partial charge in [-0.25, -0.2) is 9.79 Å². The number of anilines is 1. The van der Waals surface area contributed by atoms with Gasteiger partial charge in [0.1, 0.15) is 24.1 Å². The number of nitrogens with zero attached hydrogens (tertiary/aromatic N) is 2. The quantitative estimate of drug-likeness (QED) is 0.369. The molecule has 146 valence electrons. The fraction of sp³-hybridized carbons (Fsp3) is 0.471. The van der Waals surface area contributed by atoms with E-state index in [1.807, 2.05) is 19.9 Å². The van der Waals surface area contributed by atoms with Crippen molar-refractivity contribution in [3.05, 3.63) is 43.8 Å². The van der Waals surface area contributed by atoms with Crippen LogP contribution in [0.1, 0.15) is 20.3 Å². The maximum Gasteiger partial charge on any atom is 0.327 e. The van der Waals surface area contributed by atoms with Crippen LogP contribution >= 0.6 is 0 Å². The molecular formula is C17H22N4O6. The number of aromatic nitrogens is 2. The minimum atomic E-state index is -1.61. The number of hydrogen-bond acceptors (Lipinski definition) is 8. The van der Waals surface area contributed by atoms with Gasteiger partial charge in [-0.1, -0.05) is 5.57 Å². The lowest BCUT2D eigenvalue weighted by Crippen LogP contribution is -2.48. The lowest BCUT2D eigenvalue weighted by molar-refractivity contribution is -0.0728. The molecule has 3 atom stereocenters. The van der Waals surface area contributed by atoms with Crippen molar-refractivity contribution in [3.63, 3.8) is 0 Å². The van der Waals surface area contributed by atoms with Crippen molar-refractivity contribution < 1.29 is 20.4 Å². The molecule has 3 rings (SSSR count). The largest absolute Gasteiger partial charge is 0.394 e. The van der Waals surface area contributed by atoms with E-state index in [0.29, 0.717) is 17.8 Å². The number of rotatable bonds is 5. The highest BCUT2D eigenvalue weighted by Gasteiger charge is 2.34. The van der Waals surface area contributed by atoms with Crippen LogP contribution in [0.2, 0.25) is 0 Å². The highest BCUT2D eigenvalue weighted by molar-refractivity contribution is 6.09. The van der Waals surface area contributed by atoms with E-state index < -0.39 is 36.2 Å². The van der Waals surface area contributed by atoms with E-state index in [9.17, 15) is 24.9 Å². The molecule has 0 spiro atoms. The van der Waals surface area contributed by atoms with Crippen LogP contribution in [-0.4, -0.2) is 67.6 Å². The van der Waals surface area contributed by atoms with Crippen LogP contribution in [0.5, 0.6) is 0 Å².